The van der Waals surface area contributed by atoms with Crippen molar-refractivity contribution in [3.05, 3.63) is 371 Å². The first-order valence-corrected chi connectivity index (χ1v) is 43.8. The van der Waals surface area contributed by atoms with Crippen LogP contribution in [0.2, 0.25) is 10.0 Å². The lowest BCUT2D eigenvalue weighted by atomic mass is 10.1. The number of aryl methyl sites for hydroxylation is 3. The number of alkyl halides is 3. The summed E-state index contributed by atoms with van der Waals surface area (Å²) in [6.45, 7) is 6.54. The van der Waals surface area contributed by atoms with Crippen molar-refractivity contribution in [1.29, 1.82) is 0 Å². The fourth-order valence-electron chi connectivity index (χ4n) is 12.7. The molecule has 16 aromatic rings. The summed E-state index contributed by atoms with van der Waals surface area (Å²) in [6, 6.07) is 93.3. The highest BCUT2D eigenvalue weighted by Crippen LogP contribution is 2.35. The average Bonchev–Trinajstić information content (AvgIpc) is 1.67. The molecule has 0 aliphatic rings. The Morgan fingerprint density at radius 2 is 0.928 bits per heavy atom. The second-order valence-electron chi connectivity index (χ2n) is 27.9. The van der Waals surface area contributed by atoms with Crippen LogP contribution >= 0.6 is 34.5 Å². The van der Waals surface area contributed by atoms with Gasteiger partial charge in [-0.2, -0.15) is 20.4 Å². The molecule has 0 radical (unpaired) electrons. The fourth-order valence-corrected chi connectivity index (χ4v) is 15.7. The number of sulfonamides is 2. The van der Waals surface area contributed by atoms with E-state index in [0.717, 1.165) is 127 Å². The molecule has 4 N–H and O–H groups in total. The Morgan fingerprint density at radius 3 is 1.50 bits per heavy atom. The summed E-state index contributed by atoms with van der Waals surface area (Å²) in [4.78, 5) is 26.5. The molecule has 636 valence electrons. The molecule has 11 aromatic carbocycles. The van der Waals surface area contributed by atoms with Crippen LogP contribution in [0.15, 0.2) is 337 Å². The van der Waals surface area contributed by atoms with E-state index in [2.05, 4.69) is 41.9 Å². The van der Waals surface area contributed by atoms with Gasteiger partial charge in [0.2, 0.25) is 0 Å². The summed E-state index contributed by atoms with van der Waals surface area (Å²) in [6.07, 6.45) is -0.740. The number of nitrogens with one attached hydrogen (secondary N) is 4. The highest BCUT2D eigenvalue weighted by Gasteiger charge is 2.32. The molecular formula is C95H82Cl2F4N12O9S3. The summed E-state index contributed by atoms with van der Waals surface area (Å²) in [5, 5.41) is 27.7. The van der Waals surface area contributed by atoms with E-state index in [1.165, 1.54) is 29.8 Å². The van der Waals surface area contributed by atoms with Gasteiger partial charge in [0.25, 0.3) is 31.9 Å². The first-order chi connectivity index (χ1) is 60.4. The van der Waals surface area contributed by atoms with Crippen molar-refractivity contribution in [2.45, 2.75) is 69.2 Å². The molecular weight excluding hydrogens is 1700 g/mol. The maximum Gasteiger partial charge on any atom is 0.573 e. The Labute approximate surface area is 734 Å². The van der Waals surface area contributed by atoms with Crippen molar-refractivity contribution in [3.8, 4) is 78.6 Å². The summed E-state index contributed by atoms with van der Waals surface area (Å²) >= 11 is 13.6. The molecule has 0 aliphatic carbocycles. The fraction of sp³-hybridized carbons (Fsp3) is 0.116. The molecule has 0 aliphatic heterocycles. The van der Waals surface area contributed by atoms with Crippen molar-refractivity contribution in [2.24, 2.45) is 0 Å². The molecule has 21 nitrogen and oxygen atoms in total. The van der Waals surface area contributed by atoms with Gasteiger partial charge in [0.15, 0.2) is 0 Å². The van der Waals surface area contributed by atoms with Gasteiger partial charge in [0.05, 0.1) is 62.5 Å². The standard InChI is InChI=1S/C26H23Cl2N3O.C26H25N3O3.C22H15F4N3O3S.C21H19N3O2S2/c1-2-3-4-18-5-7-20(8-6-18)26(32)29-25-17-24(19-9-11-21(27)12-10-19)30-31(25)23-15-13-22(28)14-16-23;1-19-8-6-7-11-24(19)29-25(16-23(28-29)21-12-14-22(31-2)15-13-21)27-26(30)18-32-17-20-9-4-3-5-10-20;23-18-8-4-5-9-20(18)29-21(14-19(27-29)15-6-2-1-3-7-15)28-33(30,31)17-12-10-16(11-13-17)32-22(24,25)26;1-2-16-10-12-18(13-11-16)28(25,26)23-21-15-19(20-9-6-14-27-20)22-24(21)17-7-4-3-5-8-17/h5-17H,2-4H2,1H3,(H,29,32);3-16H,17-18H2,1-2H3,(H,27,30);1-14,28H;3-15,23H,2H2,1H3. The van der Waals surface area contributed by atoms with Gasteiger partial charge >= 0.3 is 6.36 Å². The van der Waals surface area contributed by atoms with Gasteiger partial charge in [-0.3, -0.25) is 19.0 Å². The normalized spacial score (nSPS) is 11.2. The number of rotatable bonds is 27. The van der Waals surface area contributed by atoms with E-state index < -0.39 is 38.0 Å². The van der Waals surface area contributed by atoms with Crippen LogP contribution in [0.5, 0.6) is 11.5 Å². The number of halogens is 6. The number of benzene rings is 11. The number of unbranched alkanes of at least 4 members (excludes halogenated alkanes) is 1. The maximum absolute atomic E-state index is 14.5. The van der Waals surface area contributed by atoms with E-state index in [1.807, 2.05) is 225 Å². The average molecular weight is 1780 g/mol. The summed E-state index contributed by atoms with van der Waals surface area (Å²) < 4.78 is 129. The maximum atomic E-state index is 14.5. The number of para-hydroxylation sites is 3. The molecule has 125 heavy (non-hydrogen) atoms. The summed E-state index contributed by atoms with van der Waals surface area (Å²) in [5.41, 5.74) is 12.5. The van der Waals surface area contributed by atoms with Gasteiger partial charge in [-0.1, -0.05) is 195 Å². The van der Waals surface area contributed by atoms with Crippen LogP contribution in [0.25, 0.3) is 67.1 Å². The monoisotopic (exact) mass is 1780 g/mol. The number of methoxy groups -OCH3 is 1. The minimum Gasteiger partial charge on any atom is -0.497 e. The predicted molar refractivity (Wildman–Crippen MR) is 483 cm³/mol. The first kappa shape index (κ1) is 89.0. The third-order valence-electron chi connectivity index (χ3n) is 19.1. The van der Waals surface area contributed by atoms with Crippen LogP contribution in [-0.2, 0) is 49.0 Å². The van der Waals surface area contributed by atoms with Crippen molar-refractivity contribution < 1.29 is 58.2 Å². The predicted octanol–water partition coefficient (Wildman–Crippen LogP) is 22.8. The molecule has 16 rings (SSSR count). The number of aromatic nitrogens is 8. The number of amides is 2. The van der Waals surface area contributed by atoms with Crippen LogP contribution < -0.4 is 29.6 Å². The van der Waals surface area contributed by atoms with Crippen LogP contribution in [0.3, 0.4) is 0 Å². The van der Waals surface area contributed by atoms with Crippen molar-refractivity contribution >= 4 is 89.7 Å². The lowest BCUT2D eigenvalue weighted by molar-refractivity contribution is -0.274. The Bertz CT molecular complexity index is 6520. The van der Waals surface area contributed by atoms with Gasteiger partial charge < -0.3 is 24.8 Å². The molecule has 0 atom stereocenters. The third kappa shape index (κ3) is 24.0. The van der Waals surface area contributed by atoms with E-state index in [-0.39, 0.29) is 39.7 Å². The number of anilines is 4. The van der Waals surface area contributed by atoms with Gasteiger partial charge in [-0.05, 0) is 199 Å². The molecule has 0 saturated carbocycles. The highest BCUT2D eigenvalue weighted by atomic mass is 35.5. The summed E-state index contributed by atoms with van der Waals surface area (Å²) in [7, 11) is -6.35. The van der Waals surface area contributed by atoms with Crippen LogP contribution in [0.4, 0.5) is 40.8 Å². The zero-order valence-electron chi connectivity index (χ0n) is 67.7. The highest BCUT2D eigenvalue weighted by molar-refractivity contribution is 7.93. The Kier molecular flexibility index (Phi) is 29.5. The van der Waals surface area contributed by atoms with E-state index >= 15 is 0 Å². The molecule has 0 bridgehead atoms. The molecule has 0 spiro atoms. The van der Waals surface area contributed by atoms with Gasteiger partial charge in [-0.15, -0.1) is 24.5 Å². The third-order valence-corrected chi connectivity index (χ3v) is 23.2. The van der Waals surface area contributed by atoms with Crippen molar-refractivity contribution in [3.63, 3.8) is 0 Å². The van der Waals surface area contributed by atoms with Crippen molar-refractivity contribution in [2.75, 3.05) is 33.8 Å². The first-order valence-electron chi connectivity index (χ1n) is 39.2. The SMILES string of the molecule is CCCCc1ccc(C(=O)Nc2cc(-c3ccc(Cl)cc3)nn2-c2ccc(Cl)cc2)cc1.CCc1ccc(S(=O)(=O)Nc2cc(-c3cccs3)nn2-c2ccccc2)cc1.COc1ccc(-c2cc(NC(=O)COCc3ccccc3)n(-c3ccccc3C)n2)cc1.O=S(=O)(Nc1cc(-c2ccccc2)nn1-c1ccccc1F)c1ccc(OC(F)(F)F)cc1. The van der Waals surface area contributed by atoms with E-state index in [0.29, 0.717) is 50.9 Å². The number of ether oxygens (including phenoxy) is 3. The largest absolute Gasteiger partial charge is 0.573 e. The zero-order valence-corrected chi connectivity index (χ0v) is 71.6. The lowest BCUT2D eigenvalue weighted by Crippen LogP contribution is -2.20. The second-order valence-corrected chi connectivity index (χ2v) is 33.1. The number of carbonyl (C=O) groups is 2. The Balaban J connectivity index is 0.000000143. The molecule has 5 aromatic heterocycles. The minimum atomic E-state index is -4.90. The molecule has 2 amide bonds. The quantitative estimate of drug-likeness (QED) is 0.0350. The number of hydrogen-bond donors (Lipinski definition) is 4. The Morgan fingerprint density at radius 1 is 0.464 bits per heavy atom. The van der Waals surface area contributed by atoms with Gasteiger partial charge in [0.1, 0.15) is 58.6 Å². The minimum absolute atomic E-state index is 0.00584. The van der Waals surface area contributed by atoms with Gasteiger partial charge in [0, 0.05) is 56.6 Å². The Hall–Kier alpha value is -13.7. The van der Waals surface area contributed by atoms with Crippen LogP contribution in [-0.4, -0.2) is 87.9 Å². The van der Waals surface area contributed by atoms with Crippen LogP contribution in [0.1, 0.15) is 59.3 Å². The number of hydrogen-bond acceptors (Lipinski definition) is 14. The molecule has 5 heterocycles. The molecule has 0 unspecified atom stereocenters. The lowest BCUT2D eigenvalue weighted by Gasteiger charge is -2.12. The molecule has 30 heteroatoms. The number of nitrogens with zero attached hydrogens (tertiary/aromatic N) is 8. The molecule has 0 fully saturated rings. The topological polar surface area (TPSA) is 250 Å². The molecule has 0 saturated heterocycles. The zero-order chi connectivity index (χ0) is 88.0. The van der Waals surface area contributed by atoms with Gasteiger partial charge in [-0.25, -0.2) is 40.0 Å². The van der Waals surface area contributed by atoms with E-state index in [1.54, 1.807) is 99.2 Å². The summed E-state index contributed by atoms with van der Waals surface area (Å²) in [5.74, 6) is 0.635. The van der Waals surface area contributed by atoms with E-state index in [9.17, 15) is 44.0 Å². The van der Waals surface area contributed by atoms with Crippen molar-refractivity contribution in [1.82, 2.24) is 39.1 Å². The second kappa shape index (κ2) is 41.4. The smallest absolute Gasteiger partial charge is 0.497 e. The number of thiophene rings is 1. The van der Waals surface area contributed by atoms with E-state index in [4.69, 9.17) is 42.9 Å². The van der Waals surface area contributed by atoms with Crippen LogP contribution in [0, 0.1) is 12.7 Å². The number of carbonyl (C=O) groups excluding carboxylic acids is 2.